The van der Waals surface area contributed by atoms with Crippen molar-refractivity contribution in [1.82, 2.24) is 0 Å². The lowest BCUT2D eigenvalue weighted by Gasteiger charge is -2.27. The van der Waals surface area contributed by atoms with Crippen LogP contribution >= 0.6 is 0 Å². The van der Waals surface area contributed by atoms with Gasteiger partial charge in [0.05, 0.1) is 0 Å². The molecule has 0 atom stereocenters. The van der Waals surface area contributed by atoms with Gasteiger partial charge in [-0.1, -0.05) is 206 Å². The summed E-state index contributed by atoms with van der Waals surface area (Å²) in [6, 6.07) is 91.3. The third-order valence-electron chi connectivity index (χ3n) is 12.8. The van der Waals surface area contributed by atoms with E-state index >= 15 is 0 Å². The minimum Gasteiger partial charge on any atom is -0.310 e. The Balaban J connectivity index is 1.18. The zero-order valence-electron chi connectivity index (χ0n) is 34.6. The molecule has 0 fully saturated rings. The van der Waals surface area contributed by atoms with E-state index < -0.39 is 0 Å². The summed E-state index contributed by atoms with van der Waals surface area (Å²) in [7, 11) is 0. The summed E-state index contributed by atoms with van der Waals surface area (Å²) in [6.45, 7) is 0. The fourth-order valence-corrected chi connectivity index (χ4v) is 9.81. The first-order valence-electron chi connectivity index (χ1n) is 21.7. The molecule has 63 heavy (non-hydrogen) atoms. The van der Waals surface area contributed by atoms with Gasteiger partial charge in [0.15, 0.2) is 0 Å². The topological polar surface area (TPSA) is 3.24 Å². The highest BCUT2D eigenvalue weighted by Gasteiger charge is 2.23. The zero-order valence-corrected chi connectivity index (χ0v) is 34.6. The molecule has 1 nitrogen and oxygen atoms in total. The third-order valence-corrected chi connectivity index (χ3v) is 12.8. The Bertz CT molecular complexity index is 3570. The Kier molecular flexibility index (Phi) is 8.90. The second kappa shape index (κ2) is 15.3. The van der Waals surface area contributed by atoms with Crippen LogP contribution in [0.25, 0.3) is 98.4 Å². The van der Waals surface area contributed by atoms with Gasteiger partial charge in [-0.2, -0.15) is 0 Å². The van der Waals surface area contributed by atoms with Crippen LogP contribution in [0.4, 0.5) is 17.1 Å². The van der Waals surface area contributed by atoms with Crippen LogP contribution in [0.15, 0.2) is 249 Å². The van der Waals surface area contributed by atoms with Gasteiger partial charge in [-0.3, -0.25) is 0 Å². The van der Waals surface area contributed by atoms with Crippen molar-refractivity contribution < 1.29 is 0 Å². The lowest BCUT2D eigenvalue weighted by molar-refractivity contribution is 1.30. The van der Waals surface area contributed by atoms with Crippen LogP contribution < -0.4 is 4.90 Å². The van der Waals surface area contributed by atoms with Gasteiger partial charge in [0, 0.05) is 17.1 Å². The molecule has 0 radical (unpaired) electrons. The van der Waals surface area contributed by atoms with Crippen LogP contribution in [-0.2, 0) is 0 Å². The maximum absolute atomic E-state index is 2.45. The normalized spacial score (nSPS) is 11.5. The second-order valence-corrected chi connectivity index (χ2v) is 16.4. The first-order chi connectivity index (χ1) is 31.2. The third kappa shape index (κ3) is 6.42. The number of hydrogen-bond donors (Lipinski definition) is 0. The number of benzene rings is 12. The Morgan fingerprint density at radius 3 is 1.27 bits per heavy atom. The van der Waals surface area contributed by atoms with E-state index in [4.69, 9.17) is 0 Å². The molecule has 0 saturated carbocycles. The number of rotatable bonds is 7. The van der Waals surface area contributed by atoms with Gasteiger partial charge in [0.2, 0.25) is 0 Å². The van der Waals surface area contributed by atoms with Crippen molar-refractivity contribution in [2.75, 3.05) is 4.90 Å². The molecule has 0 saturated heterocycles. The molecule has 0 unspecified atom stereocenters. The van der Waals surface area contributed by atoms with Gasteiger partial charge >= 0.3 is 0 Å². The molecule has 294 valence electrons. The molecule has 0 amide bonds. The van der Waals surface area contributed by atoms with E-state index in [0.29, 0.717) is 0 Å². The molecule has 0 N–H and O–H groups in total. The fraction of sp³-hybridized carbons (Fsp3) is 0. The van der Waals surface area contributed by atoms with Gasteiger partial charge in [-0.25, -0.2) is 0 Å². The van der Waals surface area contributed by atoms with Gasteiger partial charge in [-0.15, -0.1) is 0 Å². The Morgan fingerprint density at radius 1 is 0.222 bits per heavy atom. The standard InChI is InChI=1S/C62H41N/c1-4-16-42(17-5-1)45-28-30-47(31-29-45)58-41-57(46-20-6-2-7-21-46)60(48-22-8-3-9-23-48)62-56-37-36-53(40-59(56)54-26-14-15-27-55(54)61(58)62)63(51-34-32-43-18-10-12-24-49(43)38-51)52-35-33-44-19-11-13-25-50(44)39-52/h1-41H. The number of nitrogens with zero attached hydrogens (tertiary/aromatic N) is 1. The minimum atomic E-state index is 1.11. The van der Waals surface area contributed by atoms with Crippen LogP contribution in [0.5, 0.6) is 0 Å². The van der Waals surface area contributed by atoms with Crippen LogP contribution in [0.1, 0.15) is 0 Å². The average molecular weight is 800 g/mol. The van der Waals surface area contributed by atoms with Crippen molar-refractivity contribution in [1.29, 1.82) is 0 Å². The van der Waals surface area contributed by atoms with Gasteiger partial charge in [0.1, 0.15) is 0 Å². The van der Waals surface area contributed by atoms with Crippen molar-refractivity contribution in [3.8, 4) is 44.5 Å². The molecular formula is C62H41N. The molecular weight excluding hydrogens is 759 g/mol. The van der Waals surface area contributed by atoms with E-state index in [1.54, 1.807) is 0 Å². The molecule has 12 rings (SSSR count). The molecule has 0 heterocycles. The molecule has 0 spiro atoms. The molecule has 0 aliphatic rings. The average Bonchev–Trinajstić information content (AvgIpc) is 3.36. The summed E-state index contributed by atoms with van der Waals surface area (Å²) in [4.78, 5) is 2.43. The first-order valence-corrected chi connectivity index (χ1v) is 21.7. The van der Waals surface area contributed by atoms with Crippen molar-refractivity contribution in [2.24, 2.45) is 0 Å². The highest BCUT2D eigenvalue weighted by atomic mass is 15.1. The quantitative estimate of drug-likeness (QED) is 0.145. The Labute approximate surface area is 367 Å². The van der Waals surface area contributed by atoms with E-state index in [0.717, 1.165) is 17.1 Å². The number of fused-ring (bicyclic) bond motifs is 8. The zero-order chi connectivity index (χ0) is 41.7. The first kappa shape index (κ1) is 36.6. The van der Waals surface area contributed by atoms with Crippen molar-refractivity contribution in [3.05, 3.63) is 249 Å². The van der Waals surface area contributed by atoms with Crippen LogP contribution in [0, 0.1) is 0 Å². The smallest absolute Gasteiger partial charge is 0.0468 e. The molecule has 0 aliphatic heterocycles. The largest absolute Gasteiger partial charge is 0.310 e. The highest BCUT2D eigenvalue weighted by Crippen LogP contribution is 2.50. The molecule has 1 heteroatoms. The SMILES string of the molecule is c1ccc(-c2ccc(-c3cc(-c4ccccc4)c(-c4ccccc4)c4c5ccc(N(c6ccc7ccccc7c6)c6ccc7ccccc7c6)cc5c5ccccc5c34)cc2)cc1. The molecule has 0 bridgehead atoms. The predicted molar refractivity (Wildman–Crippen MR) is 270 cm³/mol. The van der Waals surface area contributed by atoms with Crippen molar-refractivity contribution >= 4 is 70.9 Å². The minimum absolute atomic E-state index is 1.11. The summed E-state index contributed by atoms with van der Waals surface area (Å²) in [5.41, 5.74) is 13.0. The maximum atomic E-state index is 2.45. The Morgan fingerprint density at radius 2 is 0.651 bits per heavy atom. The summed E-state index contributed by atoms with van der Waals surface area (Å²) in [6.07, 6.45) is 0. The van der Waals surface area contributed by atoms with E-state index in [2.05, 4.69) is 254 Å². The Hall–Kier alpha value is -8.26. The van der Waals surface area contributed by atoms with E-state index in [1.165, 1.54) is 98.4 Å². The fourth-order valence-electron chi connectivity index (χ4n) is 9.81. The lowest BCUT2D eigenvalue weighted by Crippen LogP contribution is -2.10. The molecule has 0 aromatic heterocycles. The van der Waals surface area contributed by atoms with Gasteiger partial charge in [-0.05, 0) is 141 Å². The lowest BCUT2D eigenvalue weighted by atomic mass is 9.81. The molecule has 12 aromatic rings. The van der Waals surface area contributed by atoms with Gasteiger partial charge in [0.25, 0.3) is 0 Å². The van der Waals surface area contributed by atoms with E-state index in [9.17, 15) is 0 Å². The molecule has 12 aromatic carbocycles. The van der Waals surface area contributed by atoms with Crippen molar-refractivity contribution in [2.45, 2.75) is 0 Å². The summed E-state index contributed by atoms with van der Waals surface area (Å²) in [5.74, 6) is 0. The number of hydrogen-bond acceptors (Lipinski definition) is 1. The monoisotopic (exact) mass is 799 g/mol. The van der Waals surface area contributed by atoms with Crippen molar-refractivity contribution in [3.63, 3.8) is 0 Å². The summed E-state index contributed by atoms with van der Waals surface area (Å²) >= 11 is 0. The van der Waals surface area contributed by atoms with E-state index in [-0.39, 0.29) is 0 Å². The van der Waals surface area contributed by atoms with Gasteiger partial charge < -0.3 is 4.90 Å². The summed E-state index contributed by atoms with van der Waals surface area (Å²) in [5, 5.41) is 12.3. The highest BCUT2D eigenvalue weighted by molar-refractivity contribution is 6.33. The second-order valence-electron chi connectivity index (χ2n) is 16.4. The predicted octanol–water partition coefficient (Wildman–Crippen LogP) is 17.6. The van der Waals surface area contributed by atoms with E-state index in [1.807, 2.05) is 0 Å². The number of anilines is 3. The molecule has 0 aliphatic carbocycles. The van der Waals surface area contributed by atoms with Crippen LogP contribution in [0.3, 0.4) is 0 Å². The van der Waals surface area contributed by atoms with Crippen LogP contribution in [0.2, 0.25) is 0 Å². The summed E-state index contributed by atoms with van der Waals surface area (Å²) < 4.78 is 0. The van der Waals surface area contributed by atoms with Crippen LogP contribution in [-0.4, -0.2) is 0 Å². The maximum Gasteiger partial charge on any atom is 0.0468 e.